The van der Waals surface area contributed by atoms with Crippen molar-refractivity contribution in [2.75, 3.05) is 33.2 Å². The standard InChI is InChI=1S/C17H26N2/c1-18-11-5-9-17(14-18)10-6-12-19(15-17)13-16-7-3-2-4-8-16/h2-4,7-8H,5-6,9-15H2,1H3. The molecule has 0 saturated carbocycles. The summed E-state index contributed by atoms with van der Waals surface area (Å²) in [5.74, 6) is 0. The lowest BCUT2D eigenvalue weighted by molar-refractivity contribution is 0.0198. The molecule has 0 N–H and O–H groups in total. The zero-order valence-corrected chi connectivity index (χ0v) is 12.1. The fraction of sp³-hybridized carbons (Fsp3) is 0.647. The summed E-state index contributed by atoms with van der Waals surface area (Å²) in [7, 11) is 2.29. The van der Waals surface area contributed by atoms with E-state index >= 15 is 0 Å². The number of hydrogen-bond donors (Lipinski definition) is 0. The molecule has 2 aliphatic heterocycles. The molecule has 1 spiro atoms. The van der Waals surface area contributed by atoms with Gasteiger partial charge < -0.3 is 4.90 Å². The summed E-state index contributed by atoms with van der Waals surface area (Å²) < 4.78 is 0. The summed E-state index contributed by atoms with van der Waals surface area (Å²) in [6.07, 6.45) is 5.63. The number of hydrogen-bond acceptors (Lipinski definition) is 2. The molecule has 1 unspecified atom stereocenters. The average Bonchev–Trinajstić information content (AvgIpc) is 2.39. The maximum Gasteiger partial charge on any atom is 0.0233 e. The highest BCUT2D eigenvalue weighted by atomic mass is 15.2. The third kappa shape index (κ3) is 3.18. The lowest BCUT2D eigenvalue weighted by Gasteiger charge is -2.48. The van der Waals surface area contributed by atoms with Crippen molar-refractivity contribution in [1.29, 1.82) is 0 Å². The third-order valence-corrected chi connectivity index (χ3v) is 4.84. The maximum absolute atomic E-state index is 2.68. The van der Waals surface area contributed by atoms with Crippen LogP contribution in [0.1, 0.15) is 31.2 Å². The lowest BCUT2D eigenvalue weighted by atomic mass is 9.74. The van der Waals surface area contributed by atoms with Crippen LogP contribution in [0, 0.1) is 5.41 Å². The van der Waals surface area contributed by atoms with Gasteiger partial charge in [0.25, 0.3) is 0 Å². The SMILES string of the molecule is CN1CCCC2(CCCN(Cc3ccccc3)C2)C1. The predicted molar refractivity (Wildman–Crippen MR) is 80.1 cm³/mol. The van der Waals surface area contributed by atoms with Crippen molar-refractivity contribution in [3.63, 3.8) is 0 Å². The highest BCUT2D eigenvalue weighted by Gasteiger charge is 2.37. The molecule has 0 amide bonds. The van der Waals surface area contributed by atoms with Gasteiger partial charge in [-0.15, -0.1) is 0 Å². The molecule has 0 aromatic heterocycles. The van der Waals surface area contributed by atoms with Crippen LogP contribution in [0.3, 0.4) is 0 Å². The van der Waals surface area contributed by atoms with Crippen molar-refractivity contribution in [1.82, 2.24) is 9.80 Å². The molecule has 1 aromatic carbocycles. The number of benzene rings is 1. The summed E-state index contributed by atoms with van der Waals surface area (Å²) in [6.45, 7) is 6.30. The molecule has 2 heteroatoms. The van der Waals surface area contributed by atoms with Gasteiger partial charge in [0.2, 0.25) is 0 Å². The molecule has 0 aliphatic carbocycles. The quantitative estimate of drug-likeness (QED) is 0.804. The van der Waals surface area contributed by atoms with E-state index in [9.17, 15) is 0 Å². The van der Waals surface area contributed by atoms with Gasteiger partial charge in [-0.05, 0) is 56.8 Å². The summed E-state index contributed by atoms with van der Waals surface area (Å²) in [6, 6.07) is 10.9. The number of nitrogens with zero attached hydrogens (tertiary/aromatic N) is 2. The molecule has 104 valence electrons. The van der Waals surface area contributed by atoms with E-state index in [1.54, 1.807) is 0 Å². The van der Waals surface area contributed by atoms with Crippen LogP contribution in [0.5, 0.6) is 0 Å². The first-order valence-electron chi connectivity index (χ1n) is 7.71. The summed E-state index contributed by atoms with van der Waals surface area (Å²) in [4.78, 5) is 5.22. The van der Waals surface area contributed by atoms with E-state index in [0.717, 1.165) is 6.54 Å². The van der Waals surface area contributed by atoms with Gasteiger partial charge in [0.15, 0.2) is 0 Å². The largest absolute Gasteiger partial charge is 0.306 e. The molecule has 1 aromatic rings. The maximum atomic E-state index is 2.68. The second-order valence-electron chi connectivity index (χ2n) is 6.64. The summed E-state index contributed by atoms with van der Waals surface area (Å²) in [5, 5.41) is 0. The molecule has 2 nitrogen and oxygen atoms in total. The number of piperidine rings is 2. The smallest absolute Gasteiger partial charge is 0.0233 e. The van der Waals surface area contributed by atoms with E-state index < -0.39 is 0 Å². The van der Waals surface area contributed by atoms with Crippen molar-refractivity contribution in [2.45, 2.75) is 32.2 Å². The Hall–Kier alpha value is -0.860. The predicted octanol–water partition coefficient (Wildman–Crippen LogP) is 2.99. The van der Waals surface area contributed by atoms with Gasteiger partial charge in [-0.25, -0.2) is 0 Å². The Labute approximate surface area is 117 Å². The Morgan fingerprint density at radius 1 is 1.00 bits per heavy atom. The van der Waals surface area contributed by atoms with Crippen LogP contribution < -0.4 is 0 Å². The molecule has 0 radical (unpaired) electrons. The van der Waals surface area contributed by atoms with Gasteiger partial charge in [-0.1, -0.05) is 30.3 Å². The Morgan fingerprint density at radius 3 is 2.47 bits per heavy atom. The zero-order valence-electron chi connectivity index (χ0n) is 12.1. The lowest BCUT2D eigenvalue weighted by Crippen LogP contribution is -2.51. The Bertz CT molecular complexity index is 399. The van der Waals surface area contributed by atoms with E-state index in [0.29, 0.717) is 5.41 Å². The van der Waals surface area contributed by atoms with Gasteiger partial charge in [0, 0.05) is 19.6 Å². The Morgan fingerprint density at radius 2 is 1.74 bits per heavy atom. The zero-order chi connectivity index (χ0) is 13.1. The van der Waals surface area contributed by atoms with E-state index in [2.05, 4.69) is 47.2 Å². The minimum absolute atomic E-state index is 0.583. The highest BCUT2D eigenvalue weighted by molar-refractivity contribution is 5.14. The van der Waals surface area contributed by atoms with Crippen LogP contribution in [-0.2, 0) is 6.54 Å². The first kappa shape index (κ1) is 13.1. The van der Waals surface area contributed by atoms with Crippen molar-refractivity contribution in [2.24, 2.45) is 5.41 Å². The van der Waals surface area contributed by atoms with Crippen LogP contribution in [-0.4, -0.2) is 43.0 Å². The van der Waals surface area contributed by atoms with Crippen LogP contribution in [0.15, 0.2) is 30.3 Å². The average molecular weight is 258 g/mol. The third-order valence-electron chi connectivity index (χ3n) is 4.84. The van der Waals surface area contributed by atoms with Crippen LogP contribution in [0.25, 0.3) is 0 Å². The van der Waals surface area contributed by atoms with Gasteiger partial charge >= 0.3 is 0 Å². The van der Waals surface area contributed by atoms with Crippen molar-refractivity contribution in [3.8, 4) is 0 Å². The van der Waals surface area contributed by atoms with Gasteiger partial charge in [-0.2, -0.15) is 0 Å². The van der Waals surface area contributed by atoms with Crippen LogP contribution >= 0.6 is 0 Å². The molecule has 2 fully saturated rings. The normalized spacial score (nSPS) is 29.7. The first-order valence-corrected chi connectivity index (χ1v) is 7.71. The summed E-state index contributed by atoms with van der Waals surface area (Å²) in [5.41, 5.74) is 2.05. The highest BCUT2D eigenvalue weighted by Crippen LogP contribution is 2.38. The molecule has 2 aliphatic rings. The second kappa shape index (κ2) is 5.64. The van der Waals surface area contributed by atoms with E-state index in [-0.39, 0.29) is 0 Å². The van der Waals surface area contributed by atoms with E-state index in [1.165, 1.54) is 57.4 Å². The number of rotatable bonds is 2. The molecular formula is C17H26N2. The fourth-order valence-electron chi connectivity index (χ4n) is 4.07. The molecule has 19 heavy (non-hydrogen) atoms. The molecule has 3 rings (SSSR count). The van der Waals surface area contributed by atoms with Crippen molar-refractivity contribution < 1.29 is 0 Å². The van der Waals surface area contributed by atoms with Crippen LogP contribution in [0.4, 0.5) is 0 Å². The fourth-order valence-corrected chi connectivity index (χ4v) is 4.07. The van der Waals surface area contributed by atoms with Gasteiger partial charge in [-0.3, -0.25) is 4.90 Å². The van der Waals surface area contributed by atoms with Crippen LogP contribution in [0.2, 0.25) is 0 Å². The van der Waals surface area contributed by atoms with E-state index in [1.807, 2.05) is 0 Å². The van der Waals surface area contributed by atoms with Gasteiger partial charge in [0.05, 0.1) is 0 Å². The summed E-state index contributed by atoms with van der Waals surface area (Å²) >= 11 is 0. The molecule has 0 bridgehead atoms. The first-order chi connectivity index (χ1) is 9.26. The molecular weight excluding hydrogens is 232 g/mol. The number of likely N-dealkylation sites (tertiary alicyclic amines) is 2. The monoisotopic (exact) mass is 258 g/mol. The Kier molecular flexibility index (Phi) is 3.90. The minimum atomic E-state index is 0.583. The Balaban J connectivity index is 1.64. The second-order valence-corrected chi connectivity index (χ2v) is 6.64. The molecule has 2 saturated heterocycles. The molecule has 2 heterocycles. The topological polar surface area (TPSA) is 6.48 Å². The van der Waals surface area contributed by atoms with Gasteiger partial charge in [0.1, 0.15) is 0 Å². The van der Waals surface area contributed by atoms with E-state index in [4.69, 9.17) is 0 Å². The minimum Gasteiger partial charge on any atom is -0.306 e. The van der Waals surface area contributed by atoms with Crippen molar-refractivity contribution >= 4 is 0 Å². The van der Waals surface area contributed by atoms with Crippen molar-refractivity contribution in [3.05, 3.63) is 35.9 Å². The molecule has 1 atom stereocenters.